The summed E-state index contributed by atoms with van der Waals surface area (Å²) in [5.74, 6) is -0.0444. The number of hydrogen-bond donors (Lipinski definition) is 1. The maximum atomic E-state index is 15.2. The minimum Gasteiger partial charge on any atom is -0.489 e. The van der Waals surface area contributed by atoms with Crippen LogP contribution in [0.2, 0.25) is 0 Å². The number of benzene rings is 7. The van der Waals surface area contributed by atoms with Crippen LogP contribution in [0.5, 0.6) is 5.75 Å². The summed E-state index contributed by atoms with van der Waals surface area (Å²) in [6.45, 7) is 0.710. The summed E-state index contributed by atoms with van der Waals surface area (Å²) in [5, 5.41) is 2.89. The van der Waals surface area contributed by atoms with Crippen LogP contribution in [0.3, 0.4) is 0 Å². The molecular weight excluding hydrogens is 847 g/mol. The monoisotopic (exact) mass is 901 g/mol. The maximum absolute atomic E-state index is 15.2. The van der Waals surface area contributed by atoms with Crippen LogP contribution in [-0.2, 0) is 52.5 Å². The summed E-state index contributed by atoms with van der Waals surface area (Å²) >= 11 is 0. The Balaban J connectivity index is 1.11. The van der Waals surface area contributed by atoms with Gasteiger partial charge in [-0.05, 0) is 57.5 Å². The molecule has 8 rings (SSSR count). The molecule has 68 heavy (non-hydrogen) atoms. The van der Waals surface area contributed by atoms with Crippen LogP contribution in [0.25, 0.3) is 0 Å². The second-order valence-corrected chi connectivity index (χ2v) is 16.7. The molecule has 1 heterocycles. The molecule has 0 unspecified atom stereocenters. The Hall–Kier alpha value is -8.24. The van der Waals surface area contributed by atoms with Crippen molar-refractivity contribution in [2.45, 2.75) is 44.2 Å². The molecule has 8 aromatic rings. The van der Waals surface area contributed by atoms with Crippen LogP contribution >= 0.6 is 0 Å². The van der Waals surface area contributed by atoms with E-state index in [1.54, 1.807) is 18.3 Å². The maximum Gasteiger partial charge on any atom is 0.408 e. The van der Waals surface area contributed by atoms with Crippen LogP contribution in [0, 0.1) is 0 Å². The van der Waals surface area contributed by atoms with Crippen molar-refractivity contribution in [3.8, 4) is 5.75 Å². The first-order valence-electron chi connectivity index (χ1n) is 22.8. The third-order valence-corrected chi connectivity index (χ3v) is 12.0. The molecule has 10 heteroatoms. The van der Waals surface area contributed by atoms with E-state index in [0.717, 1.165) is 38.9 Å². The third-order valence-electron chi connectivity index (χ3n) is 12.0. The van der Waals surface area contributed by atoms with Crippen molar-refractivity contribution in [1.82, 2.24) is 24.7 Å². The minimum absolute atomic E-state index is 0.00151. The fourth-order valence-electron chi connectivity index (χ4n) is 8.39. The first-order valence-corrected chi connectivity index (χ1v) is 22.8. The van der Waals surface area contributed by atoms with Crippen molar-refractivity contribution in [3.05, 3.63) is 263 Å². The number of aromatic nitrogens is 2. The second kappa shape index (κ2) is 22.8. The van der Waals surface area contributed by atoms with Gasteiger partial charge < -0.3 is 29.2 Å². The van der Waals surface area contributed by atoms with E-state index in [9.17, 15) is 9.59 Å². The lowest BCUT2D eigenvalue weighted by Gasteiger charge is -2.37. The molecule has 0 bridgehead atoms. The largest absolute Gasteiger partial charge is 0.489 e. The fraction of sp³-hybridized carbons (Fsp3) is 0.172. The molecule has 1 atom stereocenters. The van der Waals surface area contributed by atoms with Crippen molar-refractivity contribution in [1.29, 1.82) is 0 Å². The number of likely N-dealkylation sites (N-methyl/N-ethyl adjacent to an activating group) is 1. The standard InChI is InChI=1S/C58H55N5O5/c1-61(37-36-45-20-8-2-9-21-45)55(64)41-62(39-46-32-34-53(35-33-46)67-42-47-22-10-3-11-23-47)56(65)54(60-57(66)68-43-48-24-12-4-13-25-48)38-52-40-63(44-59-52)58(49-26-14-5-15-27-49,50-28-16-6-17-29-50)51-30-18-7-19-31-51/h2-35,40,44,54H,36-39,41-43H2,1H3,(H,60,66)/t54-/m0/s1. The van der Waals surface area contributed by atoms with Crippen LogP contribution in [-0.4, -0.2) is 63.4 Å². The second-order valence-electron chi connectivity index (χ2n) is 16.7. The van der Waals surface area contributed by atoms with Gasteiger partial charge >= 0.3 is 6.09 Å². The van der Waals surface area contributed by atoms with Crippen molar-refractivity contribution in [2.24, 2.45) is 0 Å². The number of carbonyl (C=O) groups excluding carboxylic acids is 3. The molecule has 0 aliphatic heterocycles. The van der Waals surface area contributed by atoms with Gasteiger partial charge in [-0.15, -0.1) is 0 Å². The van der Waals surface area contributed by atoms with Crippen LogP contribution < -0.4 is 10.1 Å². The molecule has 1 aromatic heterocycles. The number of amides is 3. The molecule has 0 spiro atoms. The Bertz CT molecular complexity index is 2710. The number of rotatable bonds is 20. The smallest absolute Gasteiger partial charge is 0.408 e. The van der Waals surface area contributed by atoms with Gasteiger partial charge in [-0.3, -0.25) is 9.59 Å². The predicted octanol–water partition coefficient (Wildman–Crippen LogP) is 9.87. The van der Waals surface area contributed by atoms with Crippen molar-refractivity contribution in [2.75, 3.05) is 20.1 Å². The summed E-state index contributed by atoms with van der Waals surface area (Å²) in [6.07, 6.45) is 3.59. The van der Waals surface area contributed by atoms with Gasteiger partial charge in [0.15, 0.2) is 0 Å². The summed E-state index contributed by atoms with van der Waals surface area (Å²) < 4.78 is 13.8. The number of alkyl carbamates (subject to hydrolysis) is 1. The van der Waals surface area contributed by atoms with Gasteiger partial charge in [0, 0.05) is 32.8 Å². The molecule has 1 N–H and O–H groups in total. The van der Waals surface area contributed by atoms with Gasteiger partial charge in [-0.1, -0.05) is 194 Å². The van der Waals surface area contributed by atoms with Gasteiger partial charge in [0.05, 0.1) is 12.0 Å². The first kappa shape index (κ1) is 46.3. The molecule has 7 aromatic carbocycles. The van der Waals surface area contributed by atoms with E-state index >= 15 is 4.79 Å². The summed E-state index contributed by atoms with van der Waals surface area (Å²) in [7, 11) is 1.74. The van der Waals surface area contributed by atoms with Gasteiger partial charge in [-0.25, -0.2) is 9.78 Å². The lowest BCUT2D eigenvalue weighted by Crippen LogP contribution is -2.52. The van der Waals surface area contributed by atoms with Gasteiger partial charge in [-0.2, -0.15) is 0 Å². The molecule has 3 amide bonds. The summed E-state index contributed by atoms with van der Waals surface area (Å²) in [6, 6.07) is 66.3. The first-order chi connectivity index (χ1) is 33.3. The average molecular weight is 902 g/mol. The van der Waals surface area contributed by atoms with Gasteiger partial charge in [0.1, 0.15) is 37.1 Å². The Kier molecular flexibility index (Phi) is 15.5. The molecule has 0 fully saturated rings. The van der Waals surface area contributed by atoms with Crippen molar-refractivity contribution < 1.29 is 23.9 Å². The Morgan fingerprint density at radius 2 is 1.09 bits per heavy atom. The zero-order valence-corrected chi connectivity index (χ0v) is 38.1. The Morgan fingerprint density at radius 3 is 1.62 bits per heavy atom. The third kappa shape index (κ3) is 11.8. The van der Waals surface area contributed by atoms with E-state index in [4.69, 9.17) is 14.5 Å². The number of ether oxygens (including phenoxy) is 2. The summed E-state index contributed by atoms with van der Waals surface area (Å²) in [4.78, 5) is 51.2. The molecule has 0 saturated carbocycles. The number of nitrogens with zero attached hydrogens (tertiary/aromatic N) is 4. The topological polar surface area (TPSA) is 106 Å². The average Bonchev–Trinajstić information content (AvgIpc) is 3.87. The van der Waals surface area contributed by atoms with Crippen molar-refractivity contribution in [3.63, 3.8) is 0 Å². The van der Waals surface area contributed by atoms with Crippen LogP contribution in [0.1, 0.15) is 44.6 Å². The van der Waals surface area contributed by atoms with Crippen molar-refractivity contribution >= 4 is 17.9 Å². The summed E-state index contributed by atoms with van der Waals surface area (Å²) in [5.41, 5.74) is 6.44. The quantitative estimate of drug-likeness (QED) is 0.0764. The number of hydrogen-bond acceptors (Lipinski definition) is 6. The number of nitrogens with one attached hydrogen (secondary N) is 1. The zero-order chi connectivity index (χ0) is 47.0. The van der Waals surface area contributed by atoms with E-state index in [2.05, 4.69) is 46.3 Å². The Morgan fingerprint density at radius 1 is 0.603 bits per heavy atom. The Labute approximate surface area is 398 Å². The number of imidazole rings is 1. The zero-order valence-electron chi connectivity index (χ0n) is 38.1. The molecular formula is C58H55N5O5. The predicted molar refractivity (Wildman–Crippen MR) is 265 cm³/mol. The van der Waals surface area contributed by atoms with Crippen LogP contribution in [0.4, 0.5) is 4.79 Å². The molecule has 342 valence electrons. The molecule has 0 radical (unpaired) electrons. The molecule has 0 aliphatic rings. The SMILES string of the molecule is CN(CCc1ccccc1)C(=O)CN(Cc1ccc(OCc2ccccc2)cc1)C(=O)[C@H](Cc1cn(C(c2ccccc2)(c2ccccc2)c2ccccc2)cn1)NC(=O)OCc1ccccc1. The molecule has 0 aliphatic carbocycles. The van der Waals surface area contributed by atoms with E-state index in [1.807, 2.05) is 176 Å². The lowest BCUT2D eigenvalue weighted by atomic mass is 9.77. The highest BCUT2D eigenvalue weighted by Gasteiger charge is 2.39. The van der Waals surface area contributed by atoms with E-state index in [1.165, 1.54) is 4.90 Å². The highest BCUT2D eigenvalue weighted by atomic mass is 16.5. The molecule has 0 saturated heterocycles. The van der Waals surface area contributed by atoms with E-state index in [0.29, 0.717) is 31.0 Å². The molecule has 10 nitrogen and oxygen atoms in total. The number of carbonyl (C=O) groups is 3. The normalized spacial score (nSPS) is 11.5. The van der Waals surface area contributed by atoms with Crippen LogP contribution in [0.15, 0.2) is 219 Å². The van der Waals surface area contributed by atoms with E-state index < -0.39 is 23.6 Å². The lowest BCUT2D eigenvalue weighted by molar-refractivity contribution is -0.141. The van der Waals surface area contributed by atoms with Gasteiger partial charge in [0.25, 0.3) is 0 Å². The van der Waals surface area contributed by atoms with Gasteiger partial charge in [0.2, 0.25) is 11.8 Å². The highest BCUT2D eigenvalue weighted by molar-refractivity contribution is 5.89. The fourth-order valence-corrected chi connectivity index (χ4v) is 8.39. The van der Waals surface area contributed by atoms with E-state index in [-0.39, 0.29) is 32.0 Å². The highest BCUT2D eigenvalue weighted by Crippen LogP contribution is 2.41. The minimum atomic E-state index is -1.17.